The number of thiophene rings is 1. The van der Waals surface area contributed by atoms with Crippen LogP contribution in [0, 0.1) is 0 Å². The lowest BCUT2D eigenvalue weighted by molar-refractivity contribution is 0.0952. The molecule has 25 heavy (non-hydrogen) atoms. The van der Waals surface area contributed by atoms with E-state index in [0.29, 0.717) is 28.7 Å². The Kier molecular flexibility index (Phi) is 5.09. The standard InChI is InChI=1S/C19H19NO4S/c1-22-13-8-12(9-14(10-13)23-2)11-20-19(21)18-17(24-3)15-6-4-5-7-16(15)25-18/h4-10H,11H2,1-3H3,(H,20,21). The summed E-state index contributed by atoms with van der Waals surface area (Å²) in [5.41, 5.74) is 0.893. The van der Waals surface area contributed by atoms with E-state index in [4.69, 9.17) is 14.2 Å². The summed E-state index contributed by atoms with van der Waals surface area (Å²) in [4.78, 5) is 13.2. The molecule has 0 unspecified atom stereocenters. The van der Waals surface area contributed by atoms with Gasteiger partial charge in [0.05, 0.1) is 21.3 Å². The van der Waals surface area contributed by atoms with Gasteiger partial charge in [0.25, 0.3) is 5.91 Å². The Balaban J connectivity index is 1.81. The second-order valence-corrected chi connectivity index (χ2v) is 6.42. The molecule has 1 heterocycles. The molecule has 1 amide bonds. The highest BCUT2D eigenvalue weighted by Crippen LogP contribution is 2.37. The lowest BCUT2D eigenvalue weighted by Gasteiger charge is -2.10. The first-order valence-corrected chi connectivity index (χ1v) is 8.53. The Morgan fingerprint density at radius 3 is 2.32 bits per heavy atom. The van der Waals surface area contributed by atoms with Gasteiger partial charge in [-0.1, -0.05) is 12.1 Å². The first-order valence-electron chi connectivity index (χ1n) is 7.72. The number of amides is 1. The summed E-state index contributed by atoms with van der Waals surface area (Å²) < 4.78 is 17.0. The second kappa shape index (κ2) is 7.44. The molecular weight excluding hydrogens is 338 g/mol. The molecule has 2 aromatic carbocycles. The van der Waals surface area contributed by atoms with Gasteiger partial charge < -0.3 is 19.5 Å². The molecule has 5 nitrogen and oxygen atoms in total. The fourth-order valence-electron chi connectivity index (χ4n) is 2.61. The van der Waals surface area contributed by atoms with Crippen LogP contribution in [-0.4, -0.2) is 27.2 Å². The summed E-state index contributed by atoms with van der Waals surface area (Å²) in [5, 5.41) is 3.88. The van der Waals surface area contributed by atoms with Gasteiger partial charge in [0.2, 0.25) is 0 Å². The van der Waals surface area contributed by atoms with Crippen molar-refractivity contribution in [2.45, 2.75) is 6.54 Å². The highest BCUT2D eigenvalue weighted by atomic mass is 32.1. The number of benzene rings is 2. The van der Waals surface area contributed by atoms with E-state index in [1.54, 1.807) is 27.4 Å². The molecule has 130 valence electrons. The zero-order valence-corrected chi connectivity index (χ0v) is 15.1. The number of fused-ring (bicyclic) bond motifs is 1. The van der Waals surface area contributed by atoms with Crippen LogP contribution in [-0.2, 0) is 6.54 Å². The molecule has 0 bridgehead atoms. The molecule has 3 aromatic rings. The summed E-state index contributed by atoms with van der Waals surface area (Å²) in [6.07, 6.45) is 0. The monoisotopic (exact) mass is 357 g/mol. The van der Waals surface area contributed by atoms with E-state index in [1.165, 1.54) is 11.3 Å². The highest BCUT2D eigenvalue weighted by Gasteiger charge is 2.19. The molecule has 1 aromatic heterocycles. The number of hydrogen-bond acceptors (Lipinski definition) is 5. The topological polar surface area (TPSA) is 56.8 Å². The lowest BCUT2D eigenvalue weighted by atomic mass is 10.2. The van der Waals surface area contributed by atoms with Crippen molar-refractivity contribution < 1.29 is 19.0 Å². The minimum atomic E-state index is -0.167. The van der Waals surface area contributed by atoms with Crippen molar-refractivity contribution in [3.63, 3.8) is 0 Å². The Bertz CT molecular complexity index is 881. The summed E-state index contributed by atoms with van der Waals surface area (Å²) in [7, 11) is 4.77. The van der Waals surface area contributed by atoms with Crippen LogP contribution in [0.2, 0.25) is 0 Å². The largest absolute Gasteiger partial charge is 0.497 e. The van der Waals surface area contributed by atoms with Crippen LogP contribution in [0.5, 0.6) is 17.2 Å². The Labute approximate surface area is 150 Å². The van der Waals surface area contributed by atoms with Crippen molar-refractivity contribution >= 4 is 27.3 Å². The van der Waals surface area contributed by atoms with Crippen LogP contribution in [0.25, 0.3) is 10.1 Å². The molecule has 0 fully saturated rings. The molecular formula is C19H19NO4S. The molecule has 0 saturated carbocycles. The smallest absolute Gasteiger partial charge is 0.265 e. The van der Waals surface area contributed by atoms with Crippen LogP contribution in [0.4, 0.5) is 0 Å². The van der Waals surface area contributed by atoms with Gasteiger partial charge in [-0.3, -0.25) is 4.79 Å². The third kappa shape index (κ3) is 3.53. The SMILES string of the molecule is COc1cc(CNC(=O)c2sc3ccccc3c2OC)cc(OC)c1. The molecule has 1 N–H and O–H groups in total. The van der Waals surface area contributed by atoms with Gasteiger partial charge in [-0.25, -0.2) is 0 Å². The van der Waals surface area contributed by atoms with Gasteiger partial charge in [0.1, 0.15) is 22.1 Å². The van der Waals surface area contributed by atoms with Crippen LogP contribution in [0.15, 0.2) is 42.5 Å². The number of carbonyl (C=O) groups excluding carboxylic acids is 1. The third-order valence-electron chi connectivity index (χ3n) is 3.82. The first kappa shape index (κ1) is 17.1. The predicted octanol–water partition coefficient (Wildman–Crippen LogP) is 3.86. The van der Waals surface area contributed by atoms with E-state index in [9.17, 15) is 4.79 Å². The fraction of sp³-hybridized carbons (Fsp3) is 0.211. The Morgan fingerprint density at radius 2 is 1.68 bits per heavy atom. The maximum absolute atomic E-state index is 12.6. The summed E-state index contributed by atoms with van der Waals surface area (Å²) in [6.45, 7) is 0.365. The van der Waals surface area contributed by atoms with Crippen LogP contribution in [0.1, 0.15) is 15.2 Å². The molecule has 0 aliphatic rings. The molecule has 0 atom stereocenters. The van der Waals surface area contributed by atoms with Crippen molar-refractivity contribution in [3.05, 3.63) is 52.9 Å². The normalized spacial score (nSPS) is 10.5. The van der Waals surface area contributed by atoms with Gasteiger partial charge in [0, 0.05) is 22.7 Å². The summed E-state index contributed by atoms with van der Waals surface area (Å²) >= 11 is 1.42. The quantitative estimate of drug-likeness (QED) is 0.728. The molecule has 0 aliphatic heterocycles. The number of carbonyl (C=O) groups is 1. The van der Waals surface area contributed by atoms with Crippen molar-refractivity contribution in [1.82, 2.24) is 5.32 Å². The lowest BCUT2D eigenvalue weighted by Crippen LogP contribution is -2.22. The van der Waals surface area contributed by atoms with Crippen molar-refractivity contribution in [1.29, 1.82) is 0 Å². The number of nitrogens with one attached hydrogen (secondary N) is 1. The van der Waals surface area contributed by atoms with Crippen LogP contribution >= 0.6 is 11.3 Å². The second-order valence-electron chi connectivity index (χ2n) is 5.36. The number of ether oxygens (including phenoxy) is 3. The van der Waals surface area contributed by atoms with Crippen molar-refractivity contribution in [2.75, 3.05) is 21.3 Å². The zero-order valence-electron chi connectivity index (χ0n) is 14.3. The Morgan fingerprint density at radius 1 is 1.00 bits per heavy atom. The summed E-state index contributed by atoms with van der Waals surface area (Å²) in [5.74, 6) is 1.81. The van der Waals surface area contributed by atoms with Gasteiger partial charge in [-0.2, -0.15) is 0 Å². The molecule has 6 heteroatoms. The van der Waals surface area contributed by atoms with E-state index in [1.807, 2.05) is 36.4 Å². The molecule has 3 rings (SSSR count). The maximum Gasteiger partial charge on any atom is 0.265 e. The van der Waals surface area contributed by atoms with Crippen LogP contribution in [0.3, 0.4) is 0 Å². The van der Waals surface area contributed by atoms with Gasteiger partial charge in [-0.15, -0.1) is 11.3 Å². The average Bonchev–Trinajstić information content (AvgIpc) is 3.04. The third-order valence-corrected chi connectivity index (χ3v) is 4.98. The Hall–Kier alpha value is -2.73. The molecule has 0 spiro atoms. The highest BCUT2D eigenvalue weighted by molar-refractivity contribution is 7.21. The zero-order chi connectivity index (χ0) is 17.8. The molecule has 0 saturated heterocycles. The molecule has 0 radical (unpaired) electrons. The van der Waals surface area contributed by atoms with E-state index >= 15 is 0 Å². The predicted molar refractivity (Wildman–Crippen MR) is 99.1 cm³/mol. The van der Waals surface area contributed by atoms with Gasteiger partial charge >= 0.3 is 0 Å². The van der Waals surface area contributed by atoms with Crippen molar-refractivity contribution in [3.8, 4) is 17.2 Å². The van der Waals surface area contributed by atoms with E-state index < -0.39 is 0 Å². The average molecular weight is 357 g/mol. The summed E-state index contributed by atoms with van der Waals surface area (Å²) in [6, 6.07) is 13.3. The van der Waals surface area contributed by atoms with E-state index in [-0.39, 0.29) is 5.91 Å². The van der Waals surface area contributed by atoms with E-state index in [2.05, 4.69) is 5.32 Å². The minimum Gasteiger partial charge on any atom is -0.497 e. The van der Waals surface area contributed by atoms with E-state index in [0.717, 1.165) is 15.6 Å². The van der Waals surface area contributed by atoms with Crippen LogP contribution < -0.4 is 19.5 Å². The number of hydrogen-bond donors (Lipinski definition) is 1. The number of methoxy groups -OCH3 is 3. The first-order chi connectivity index (χ1) is 12.2. The maximum atomic E-state index is 12.6. The van der Waals surface area contributed by atoms with Gasteiger partial charge in [0.15, 0.2) is 0 Å². The minimum absolute atomic E-state index is 0.167. The molecule has 0 aliphatic carbocycles. The number of rotatable bonds is 6. The van der Waals surface area contributed by atoms with Gasteiger partial charge in [-0.05, 0) is 29.8 Å². The van der Waals surface area contributed by atoms with Crippen molar-refractivity contribution in [2.24, 2.45) is 0 Å². The fourth-order valence-corrected chi connectivity index (χ4v) is 3.69.